The summed E-state index contributed by atoms with van der Waals surface area (Å²) >= 11 is 0. The predicted octanol–water partition coefficient (Wildman–Crippen LogP) is 1.30. The molecule has 4 rings (SSSR count). The summed E-state index contributed by atoms with van der Waals surface area (Å²) in [5, 5.41) is 39.2. The molecule has 0 amide bonds. The van der Waals surface area contributed by atoms with Crippen molar-refractivity contribution < 1.29 is 53.4 Å². The molecule has 0 aliphatic carbocycles. The topological polar surface area (TPSA) is 182 Å². The van der Waals surface area contributed by atoms with Gasteiger partial charge < -0.3 is 43.8 Å². The number of carbonyl (C=O) groups is 2. The van der Waals surface area contributed by atoms with E-state index >= 15 is 0 Å². The van der Waals surface area contributed by atoms with E-state index in [1.165, 1.54) is 25.3 Å². The lowest BCUT2D eigenvalue weighted by Gasteiger charge is -2.40. The van der Waals surface area contributed by atoms with Gasteiger partial charge in [0.2, 0.25) is 11.7 Å². The van der Waals surface area contributed by atoms with E-state index < -0.39 is 66.9 Å². The molecule has 2 heterocycles. The second-order valence-electron chi connectivity index (χ2n) is 8.71. The van der Waals surface area contributed by atoms with Crippen LogP contribution in [0.3, 0.4) is 0 Å². The van der Waals surface area contributed by atoms with Crippen LogP contribution in [0.15, 0.2) is 51.7 Å². The van der Waals surface area contributed by atoms with Crippen molar-refractivity contribution in [3.05, 3.63) is 52.7 Å². The third-order valence-electron chi connectivity index (χ3n) is 6.21. The summed E-state index contributed by atoms with van der Waals surface area (Å²) in [4.78, 5) is 36.6. The molecule has 2 aromatic carbocycles. The summed E-state index contributed by atoms with van der Waals surface area (Å²) in [7, 11) is 1.47. The molecule has 0 radical (unpaired) electrons. The van der Waals surface area contributed by atoms with Crippen LogP contribution in [0.5, 0.6) is 17.4 Å². The van der Waals surface area contributed by atoms with Gasteiger partial charge in [0.25, 0.3) is 0 Å². The highest BCUT2D eigenvalue weighted by Crippen LogP contribution is 2.34. The van der Waals surface area contributed by atoms with Crippen LogP contribution in [0.1, 0.15) is 13.3 Å². The summed E-state index contributed by atoms with van der Waals surface area (Å²) in [6.07, 6.45) is -5.74. The highest BCUT2D eigenvalue weighted by molar-refractivity contribution is 5.92. The molecule has 4 N–H and O–H groups in total. The average Bonchev–Trinajstić information content (AvgIpc) is 2.88. The summed E-state index contributed by atoms with van der Waals surface area (Å²) in [6.45, 7) is 1.21. The summed E-state index contributed by atoms with van der Waals surface area (Å²) in [6, 6.07) is 10.4. The molecule has 1 fully saturated rings. The minimum atomic E-state index is -1.43. The minimum Gasteiger partial charge on any atom is -0.497 e. The molecule has 3 aromatic rings. The summed E-state index contributed by atoms with van der Waals surface area (Å²) in [5.74, 6) is -3.07. The SMILES string of the molecule is COc1ccc(-c2c(OC(=O)CC(=O)O)oc3cc(OC4OC(CO)C(C)C(O)C4O)ccc3c2=O)cc1. The lowest BCUT2D eigenvalue weighted by Crippen LogP contribution is -2.56. The van der Waals surface area contributed by atoms with Gasteiger partial charge in [-0.05, 0) is 29.8 Å². The maximum atomic E-state index is 13.5. The molecule has 5 atom stereocenters. The second-order valence-corrected chi connectivity index (χ2v) is 8.71. The van der Waals surface area contributed by atoms with E-state index in [0.29, 0.717) is 11.3 Å². The zero-order chi connectivity index (χ0) is 27.6. The number of aliphatic carboxylic acids is 1. The van der Waals surface area contributed by atoms with Crippen molar-refractivity contribution >= 4 is 22.9 Å². The van der Waals surface area contributed by atoms with Crippen molar-refractivity contribution in [2.75, 3.05) is 13.7 Å². The molecular formula is C26H26O12. The van der Waals surface area contributed by atoms with Gasteiger partial charge in [-0.1, -0.05) is 19.1 Å². The molecule has 12 nitrogen and oxygen atoms in total. The molecule has 202 valence electrons. The molecule has 1 aliphatic rings. The van der Waals surface area contributed by atoms with Gasteiger partial charge in [0.1, 0.15) is 35.2 Å². The average molecular weight is 530 g/mol. The van der Waals surface area contributed by atoms with Gasteiger partial charge in [0.15, 0.2) is 0 Å². The molecule has 0 saturated carbocycles. The number of carboxylic acids is 1. The van der Waals surface area contributed by atoms with Crippen molar-refractivity contribution in [1.29, 1.82) is 0 Å². The van der Waals surface area contributed by atoms with Crippen LogP contribution in [0.25, 0.3) is 22.1 Å². The number of fused-ring (bicyclic) bond motifs is 1. The third kappa shape index (κ3) is 5.48. The lowest BCUT2D eigenvalue weighted by atomic mass is 9.91. The fourth-order valence-electron chi connectivity index (χ4n) is 4.08. The molecule has 0 spiro atoms. The normalized spacial score (nSPS) is 23.1. The maximum absolute atomic E-state index is 13.5. The van der Waals surface area contributed by atoms with Crippen LogP contribution >= 0.6 is 0 Å². The number of aliphatic hydroxyl groups excluding tert-OH is 3. The zero-order valence-electron chi connectivity index (χ0n) is 20.4. The van der Waals surface area contributed by atoms with Crippen LogP contribution < -0.4 is 19.6 Å². The molecule has 12 heteroatoms. The van der Waals surface area contributed by atoms with Gasteiger partial charge in [-0.15, -0.1) is 0 Å². The van der Waals surface area contributed by atoms with Crippen molar-refractivity contribution in [2.45, 2.75) is 37.9 Å². The Bertz CT molecular complexity index is 1380. The Labute approximate surface area is 215 Å². The number of methoxy groups -OCH3 is 1. The van der Waals surface area contributed by atoms with E-state index in [-0.39, 0.29) is 22.3 Å². The Balaban J connectivity index is 1.75. The van der Waals surface area contributed by atoms with Crippen LogP contribution in [-0.2, 0) is 14.3 Å². The van der Waals surface area contributed by atoms with E-state index in [1.54, 1.807) is 31.2 Å². The van der Waals surface area contributed by atoms with Crippen molar-refractivity contribution in [1.82, 2.24) is 0 Å². The molecule has 38 heavy (non-hydrogen) atoms. The Morgan fingerprint density at radius 3 is 2.34 bits per heavy atom. The highest BCUT2D eigenvalue weighted by atomic mass is 16.7. The van der Waals surface area contributed by atoms with Crippen molar-refractivity contribution in [2.24, 2.45) is 5.92 Å². The van der Waals surface area contributed by atoms with E-state index in [1.807, 2.05) is 0 Å². The zero-order valence-corrected chi connectivity index (χ0v) is 20.4. The van der Waals surface area contributed by atoms with Crippen molar-refractivity contribution in [3.63, 3.8) is 0 Å². The first-order valence-corrected chi connectivity index (χ1v) is 11.6. The second kappa shape index (κ2) is 11.2. The monoisotopic (exact) mass is 530 g/mol. The molecular weight excluding hydrogens is 504 g/mol. The van der Waals surface area contributed by atoms with E-state index in [2.05, 4.69) is 0 Å². The van der Waals surface area contributed by atoms with Crippen LogP contribution in [0, 0.1) is 5.92 Å². The van der Waals surface area contributed by atoms with Crippen molar-refractivity contribution in [3.8, 4) is 28.6 Å². The first-order chi connectivity index (χ1) is 18.1. The quantitative estimate of drug-likeness (QED) is 0.242. The van der Waals surface area contributed by atoms with Crippen LogP contribution in [0.4, 0.5) is 0 Å². The Morgan fingerprint density at radius 2 is 1.71 bits per heavy atom. The third-order valence-corrected chi connectivity index (χ3v) is 6.21. The highest BCUT2D eigenvalue weighted by Gasteiger charge is 2.43. The molecule has 1 aliphatic heterocycles. The fraction of sp³-hybridized carbons (Fsp3) is 0.346. The van der Waals surface area contributed by atoms with Gasteiger partial charge in [-0.2, -0.15) is 0 Å². The van der Waals surface area contributed by atoms with Gasteiger partial charge in [-0.25, -0.2) is 0 Å². The largest absolute Gasteiger partial charge is 0.497 e. The standard InChI is InChI=1S/C26H26O12/c1-12-18(11-27)37-26(24(33)22(12)31)35-15-7-8-16-17(9-15)36-25(38-20(30)10-19(28)29)21(23(16)32)13-3-5-14(34-2)6-4-13/h3-9,12,18,22,24,26-27,31,33H,10-11H2,1-2H3,(H,28,29). The van der Waals surface area contributed by atoms with E-state index in [9.17, 15) is 29.7 Å². The first-order valence-electron chi connectivity index (χ1n) is 11.6. The Hall–Kier alpha value is -3.97. The first kappa shape index (κ1) is 27.1. The summed E-state index contributed by atoms with van der Waals surface area (Å²) in [5.41, 5.74) is -0.418. The number of esters is 1. The van der Waals surface area contributed by atoms with Gasteiger partial charge in [-0.3, -0.25) is 14.4 Å². The summed E-state index contributed by atoms with van der Waals surface area (Å²) < 4.78 is 27.2. The van der Waals surface area contributed by atoms with Gasteiger partial charge >= 0.3 is 17.9 Å². The molecule has 5 unspecified atom stereocenters. The number of carbonyl (C=O) groups excluding carboxylic acids is 1. The number of rotatable bonds is 8. The van der Waals surface area contributed by atoms with Crippen LogP contribution in [0.2, 0.25) is 0 Å². The molecule has 0 bridgehead atoms. The molecule has 1 aromatic heterocycles. The number of hydrogen-bond donors (Lipinski definition) is 4. The number of hydrogen-bond acceptors (Lipinski definition) is 11. The molecule has 1 saturated heterocycles. The maximum Gasteiger partial charge on any atom is 0.324 e. The number of ether oxygens (including phenoxy) is 4. The number of aliphatic hydroxyl groups is 3. The fourth-order valence-corrected chi connectivity index (χ4v) is 4.08. The van der Waals surface area contributed by atoms with Crippen LogP contribution in [-0.4, -0.2) is 70.7 Å². The number of benzene rings is 2. The lowest BCUT2D eigenvalue weighted by molar-refractivity contribution is -0.260. The van der Waals surface area contributed by atoms with Gasteiger partial charge in [0, 0.05) is 12.0 Å². The van der Waals surface area contributed by atoms with E-state index in [0.717, 1.165) is 0 Å². The smallest absolute Gasteiger partial charge is 0.324 e. The minimum absolute atomic E-state index is 0.0687. The number of carboxylic acid groups (broad SMARTS) is 1. The van der Waals surface area contributed by atoms with E-state index in [4.69, 9.17) is 28.5 Å². The Kier molecular flexibility index (Phi) is 7.97. The predicted molar refractivity (Wildman–Crippen MR) is 130 cm³/mol. The van der Waals surface area contributed by atoms with Gasteiger partial charge in [0.05, 0.1) is 31.3 Å². The Morgan fingerprint density at radius 1 is 1.03 bits per heavy atom.